The standard InChI is InChI=1S/C15H20F3NOS/c1-14(2)7-11(8-21-10-14)19-12-5-3-4-6-13(12)20-9-15(16,17)18/h3-6,11,19H,7-10H2,1-2H3. The predicted molar refractivity (Wildman–Crippen MR) is 81.1 cm³/mol. The molecule has 0 aromatic heterocycles. The fourth-order valence-corrected chi connectivity index (χ4v) is 3.72. The number of para-hydroxylation sites is 2. The zero-order valence-corrected chi connectivity index (χ0v) is 13.0. The number of rotatable bonds is 4. The van der Waals surface area contributed by atoms with Crippen molar-refractivity contribution < 1.29 is 17.9 Å². The molecule has 0 aliphatic carbocycles. The predicted octanol–water partition coefficient (Wildman–Crippen LogP) is 4.57. The summed E-state index contributed by atoms with van der Waals surface area (Å²) in [5.41, 5.74) is 0.868. The van der Waals surface area contributed by atoms with Gasteiger partial charge < -0.3 is 10.1 Å². The number of hydrogen-bond acceptors (Lipinski definition) is 3. The molecule has 118 valence electrons. The zero-order chi connectivity index (χ0) is 15.5. The van der Waals surface area contributed by atoms with Gasteiger partial charge in [0.05, 0.1) is 5.69 Å². The van der Waals surface area contributed by atoms with Crippen molar-refractivity contribution >= 4 is 17.4 Å². The molecule has 1 aromatic rings. The van der Waals surface area contributed by atoms with Crippen LogP contribution in [0.4, 0.5) is 18.9 Å². The normalized spacial score (nSPS) is 21.9. The van der Waals surface area contributed by atoms with Crippen LogP contribution in [0.15, 0.2) is 24.3 Å². The van der Waals surface area contributed by atoms with Crippen LogP contribution in [0.2, 0.25) is 0 Å². The monoisotopic (exact) mass is 319 g/mol. The molecule has 1 atom stereocenters. The third-order valence-electron chi connectivity index (χ3n) is 3.25. The molecule has 6 heteroatoms. The minimum atomic E-state index is -4.32. The summed E-state index contributed by atoms with van der Waals surface area (Å²) in [5, 5.41) is 3.33. The van der Waals surface area contributed by atoms with Crippen LogP contribution in [-0.4, -0.2) is 30.3 Å². The number of alkyl halides is 3. The molecule has 1 aromatic carbocycles. The number of nitrogens with one attached hydrogen (secondary N) is 1. The van der Waals surface area contributed by atoms with Gasteiger partial charge in [0.1, 0.15) is 5.75 Å². The summed E-state index contributed by atoms with van der Waals surface area (Å²) in [4.78, 5) is 0. The number of ether oxygens (including phenoxy) is 1. The van der Waals surface area contributed by atoms with E-state index in [9.17, 15) is 13.2 Å². The van der Waals surface area contributed by atoms with Gasteiger partial charge in [-0.25, -0.2) is 0 Å². The van der Waals surface area contributed by atoms with E-state index in [1.807, 2.05) is 11.8 Å². The summed E-state index contributed by atoms with van der Waals surface area (Å²) in [6.45, 7) is 3.15. The van der Waals surface area contributed by atoms with Crippen LogP contribution < -0.4 is 10.1 Å². The van der Waals surface area contributed by atoms with E-state index in [1.165, 1.54) is 0 Å². The Morgan fingerprint density at radius 3 is 2.71 bits per heavy atom. The van der Waals surface area contributed by atoms with Gasteiger partial charge in [-0.3, -0.25) is 0 Å². The molecule has 0 amide bonds. The highest BCUT2D eigenvalue weighted by Crippen LogP contribution is 2.36. The average molecular weight is 319 g/mol. The van der Waals surface area contributed by atoms with Gasteiger partial charge in [-0.05, 0) is 29.7 Å². The van der Waals surface area contributed by atoms with E-state index in [1.54, 1.807) is 24.3 Å². The first kappa shape index (κ1) is 16.3. The van der Waals surface area contributed by atoms with Crippen molar-refractivity contribution in [1.29, 1.82) is 0 Å². The summed E-state index contributed by atoms with van der Waals surface area (Å²) < 4.78 is 41.8. The topological polar surface area (TPSA) is 21.3 Å². The lowest BCUT2D eigenvalue weighted by molar-refractivity contribution is -0.153. The van der Waals surface area contributed by atoms with Crippen molar-refractivity contribution in [2.75, 3.05) is 23.4 Å². The smallest absolute Gasteiger partial charge is 0.422 e. The highest BCUT2D eigenvalue weighted by Gasteiger charge is 2.30. The van der Waals surface area contributed by atoms with Crippen molar-refractivity contribution in [2.24, 2.45) is 5.41 Å². The maximum atomic E-state index is 12.3. The van der Waals surface area contributed by atoms with Crippen LogP contribution in [0.3, 0.4) is 0 Å². The first-order valence-electron chi connectivity index (χ1n) is 6.88. The fraction of sp³-hybridized carbons (Fsp3) is 0.600. The van der Waals surface area contributed by atoms with Crippen LogP contribution in [0.25, 0.3) is 0 Å². The number of anilines is 1. The van der Waals surface area contributed by atoms with Crippen molar-refractivity contribution in [2.45, 2.75) is 32.5 Å². The molecule has 1 fully saturated rings. The fourth-order valence-electron chi connectivity index (χ4n) is 2.45. The van der Waals surface area contributed by atoms with Crippen molar-refractivity contribution in [3.05, 3.63) is 24.3 Å². The van der Waals surface area contributed by atoms with E-state index in [0.29, 0.717) is 5.69 Å². The second-order valence-electron chi connectivity index (χ2n) is 6.12. The summed E-state index contributed by atoms with van der Waals surface area (Å²) in [6, 6.07) is 7.04. The van der Waals surface area contributed by atoms with Crippen LogP contribution >= 0.6 is 11.8 Å². The summed E-state index contributed by atoms with van der Waals surface area (Å²) in [6.07, 6.45) is -3.33. The minimum absolute atomic E-state index is 0.238. The van der Waals surface area contributed by atoms with Gasteiger partial charge in [-0.15, -0.1) is 0 Å². The Kier molecular flexibility index (Phi) is 4.96. The van der Waals surface area contributed by atoms with Crippen LogP contribution in [0.1, 0.15) is 20.3 Å². The maximum Gasteiger partial charge on any atom is 0.422 e. The maximum absolute atomic E-state index is 12.3. The molecule has 0 radical (unpaired) electrons. The Bertz CT molecular complexity index is 476. The third-order valence-corrected chi connectivity index (χ3v) is 4.87. The number of thioether (sulfide) groups is 1. The van der Waals surface area contributed by atoms with Crippen molar-refractivity contribution in [3.63, 3.8) is 0 Å². The molecule has 2 rings (SSSR count). The van der Waals surface area contributed by atoms with E-state index in [-0.39, 0.29) is 17.2 Å². The molecule has 21 heavy (non-hydrogen) atoms. The lowest BCUT2D eigenvalue weighted by Gasteiger charge is -2.35. The molecule has 1 unspecified atom stereocenters. The average Bonchev–Trinajstić information content (AvgIpc) is 2.35. The van der Waals surface area contributed by atoms with E-state index in [4.69, 9.17) is 4.74 Å². The van der Waals surface area contributed by atoms with Gasteiger partial charge in [0.25, 0.3) is 0 Å². The molecule has 1 saturated heterocycles. The second-order valence-corrected chi connectivity index (χ2v) is 7.15. The lowest BCUT2D eigenvalue weighted by Crippen LogP contribution is -2.35. The highest BCUT2D eigenvalue weighted by atomic mass is 32.2. The SMILES string of the molecule is CC1(C)CSCC(Nc2ccccc2OCC(F)(F)F)C1. The molecule has 1 N–H and O–H groups in total. The van der Waals surface area contributed by atoms with Crippen molar-refractivity contribution in [3.8, 4) is 5.75 Å². The molecular weight excluding hydrogens is 299 g/mol. The number of benzene rings is 1. The van der Waals surface area contributed by atoms with Gasteiger partial charge in [-0.2, -0.15) is 24.9 Å². The van der Waals surface area contributed by atoms with Gasteiger partial charge >= 0.3 is 6.18 Å². The Morgan fingerprint density at radius 2 is 2.05 bits per heavy atom. The second kappa shape index (κ2) is 6.38. The highest BCUT2D eigenvalue weighted by molar-refractivity contribution is 7.99. The minimum Gasteiger partial charge on any atom is -0.482 e. The molecule has 1 heterocycles. The summed E-state index contributed by atoms with van der Waals surface area (Å²) >= 11 is 1.87. The van der Waals surface area contributed by atoms with E-state index < -0.39 is 12.8 Å². The number of hydrogen-bond donors (Lipinski definition) is 1. The van der Waals surface area contributed by atoms with Gasteiger partial charge in [0, 0.05) is 11.8 Å². The van der Waals surface area contributed by atoms with Gasteiger partial charge in [-0.1, -0.05) is 26.0 Å². The van der Waals surface area contributed by atoms with Crippen LogP contribution in [0, 0.1) is 5.41 Å². The van der Waals surface area contributed by atoms with Crippen LogP contribution in [0.5, 0.6) is 5.75 Å². The van der Waals surface area contributed by atoms with Crippen molar-refractivity contribution in [1.82, 2.24) is 0 Å². The molecular formula is C15H20F3NOS. The quantitative estimate of drug-likeness (QED) is 0.878. The molecule has 0 saturated carbocycles. The first-order valence-corrected chi connectivity index (χ1v) is 8.03. The first-order chi connectivity index (χ1) is 9.75. The molecule has 1 aliphatic rings. The Hall–Kier alpha value is -1.04. The molecule has 2 nitrogen and oxygen atoms in total. The summed E-state index contributed by atoms with van der Waals surface area (Å²) in [5.74, 6) is 2.32. The third kappa shape index (κ3) is 5.34. The largest absolute Gasteiger partial charge is 0.482 e. The van der Waals surface area contributed by atoms with Crippen LogP contribution in [-0.2, 0) is 0 Å². The van der Waals surface area contributed by atoms with Gasteiger partial charge in [0.15, 0.2) is 6.61 Å². The molecule has 0 bridgehead atoms. The Labute approximate surface area is 127 Å². The lowest BCUT2D eigenvalue weighted by atomic mass is 9.88. The molecule has 1 aliphatic heterocycles. The number of halogens is 3. The Balaban J connectivity index is 2.02. The van der Waals surface area contributed by atoms with E-state index in [0.717, 1.165) is 17.9 Å². The van der Waals surface area contributed by atoms with E-state index >= 15 is 0 Å². The molecule has 0 spiro atoms. The Morgan fingerprint density at radius 1 is 1.33 bits per heavy atom. The van der Waals surface area contributed by atoms with E-state index in [2.05, 4.69) is 19.2 Å². The summed E-state index contributed by atoms with van der Waals surface area (Å²) in [7, 11) is 0. The van der Waals surface area contributed by atoms with Gasteiger partial charge in [0.2, 0.25) is 0 Å². The zero-order valence-electron chi connectivity index (χ0n) is 12.2.